The van der Waals surface area contributed by atoms with Gasteiger partial charge in [-0.3, -0.25) is 9.00 Å². The van der Waals surface area contributed by atoms with E-state index >= 15 is 0 Å². The number of carbonyl (C=O) groups is 1. The maximum Gasteiger partial charge on any atom is 0.235 e. The van der Waals surface area contributed by atoms with E-state index in [1.807, 2.05) is 30.3 Å². The maximum absolute atomic E-state index is 12.6. The summed E-state index contributed by atoms with van der Waals surface area (Å²) in [5.41, 5.74) is 0.999. The predicted octanol–water partition coefficient (Wildman–Crippen LogP) is 3.54. The fraction of sp³-hybridized carbons (Fsp3) is 0.526. The molecule has 0 aliphatic heterocycles. The molecule has 2 atom stereocenters. The molecule has 1 heterocycles. The van der Waals surface area contributed by atoms with Crippen LogP contribution in [-0.4, -0.2) is 31.6 Å². The van der Waals surface area contributed by atoms with Crippen molar-refractivity contribution < 1.29 is 9.00 Å². The molecule has 5 nitrogen and oxygen atoms in total. The van der Waals surface area contributed by atoms with Gasteiger partial charge in [0.1, 0.15) is 15.3 Å². The van der Waals surface area contributed by atoms with Crippen molar-refractivity contribution in [2.45, 2.75) is 56.6 Å². The topological polar surface area (TPSA) is 72.0 Å². The molecule has 1 saturated carbocycles. The van der Waals surface area contributed by atoms with Crippen molar-refractivity contribution in [2.75, 3.05) is 0 Å². The molecule has 0 radical (unpaired) electrons. The summed E-state index contributed by atoms with van der Waals surface area (Å²) in [4.78, 5) is 12.4. The number of rotatable bonds is 6. The Balaban J connectivity index is 1.54. The number of nitrogens with one attached hydrogen (secondary N) is 1. The Morgan fingerprint density at radius 1 is 1.23 bits per heavy atom. The maximum atomic E-state index is 12.6. The molecule has 0 saturated heterocycles. The van der Waals surface area contributed by atoms with Gasteiger partial charge in [-0.2, -0.15) is 0 Å². The molecule has 140 valence electrons. The molecule has 0 bridgehead atoms. The Kier molecular flexibility index (Phi) is 6.53. The van der Waals surface area contributed by atoms with Crippen molar-refractivity contribution in [3.05, 3.63) is 35.3 Å². The molecule has 1 N–H and O–H groups in total. The first-order valence-corrected chi connectivity index (χ1v) is 11.3. The lowest BCUT2D eigenvalue weighted by Gasteiger charge is -2.27. The molecular weight excluding hydrogens is 366 g/mol. The van der Waals surface area contributed by atoms with E-state index in [-0.39, 0.29) is 17.7 Å². The third kappa shape index (κ3) is 4.98. The van der Waals surface area contributed by atoms with Crippen LogP contribution in [0.15, 0.2) is 30.3 Å². The van der Waals surface area contributed by atoms with Crippen LogP contribution in [0, 0.1) is 5.92 Å². The van der Waals surface area contributed by atoms with E-state index in [4.69, 9.17) is 0 Å². The van der Waals surface area contributed by atoms with Crippen LogP contribution in [-0.2, 0) is 21.3 Å². The van der Waals surface area contributed by atoms with Crippen LogP contribution in [0.3, 0.4) is 0 Å². The molecule has 3 rings (SSSR count). The predicted molar refractivity (Wildman–Crippen MR) is 106 cm³/mol. The van der Waals surface area contributed by atoms with Crippen LogP contribution >= 0.6 is 11.3 Å². The van der Waals surface area contributed by atoms with Gasteiger partial charge in [-0.25, -0.2) is 0 Å². The minimum atomic E-state index is -1.30. The first-order chi connectivity index (χ1) is 12.5. The van der Waals surface area contributed by atoms with Crippen molar-refractivity contribution >= 4 is 28.0 Å². The second-order valence-electron chi connectivity index (χ2n) is 7.00. The molecule has 2 aromatic rings. The standard InChI is InChI=1S/C19H25N3O2S2/c1-13-8-10-16(11-9-13)20-18(23)14(2)26(24)12-17-21-22-19(25-17)15-6-4-3-5-7-15/h3-7,13-14,16H,8-12H2,1-2H3,(H,20,23). The van der Waals surface area contributed by atoms with Crippen LogP contribution < -0.4 is 5.32 Å². The van der Waals surface area contributed by atoms with Crippen LogP contribution in [0.25, 0.3) is 10.6 Å². The van der Waals surface area contributed by atoms with Gasteiger partial charge >= 0.3 is 0 Å². The van der Waals surface area contributed by atoms with Crippen molar-refractivity contribution in [2.24, 2.45) is 5.92 Å². The van der Waals surface area contributed by atoms with Crippen LogP contribution in [0.5, 0.6) is 0 Å². The lowest BCUT2D eigenvalue weighted by atomic mass is 9.87. The molecule has 1 fully saturated rings. The third-order valence-corrected chi connectivity index (χ3v) is 7.59. The van der Waals surface area contributed by atoms with E-state index < -0.39 is 16.0 Å². The summed E-state index contributed by atoms with van der Waals surface area (Å²) in [5, 5.41) is 12.4. The zero-order valence-electron chi connectivity index (χ0n) is 15.2. The molecule has 26 heavy (non-hydrogen) atoms. The van der Waals surface area contributed by atoms with E-state index in [1.165, 1.54) is 11.3 Å². The first-order valence-electron chi connectivity index (χ1n) is 9.08. The largest absolute Gasteiger partial charge is 0.352 e. The summed E-state index contributed by atoms with van der Waals surface area (Å²) in [7, 11) is -1.30. The lowest BCUT2D eigenvalue weighted by Crippen LogP contribution is -2.43. The zero-order chi connectivity index (χ0) is 18.5. The Labute approximate surface area is 161 Å². The molecule has 1 aliphatic carbocycles. The van der Waals surface area contributed by atoms with Gasteiger partial charge in [-0.15, -0.1) is 10.2 Å². The third-order valence-electron chi connectivity index (χ3n) is 4.88. The molecule has 1 aromatic heterocycles. The Bertz CT molecular complexity index is 755. The van der Waals surface area contributed by atoms with Crippen molar-refractivity contribution in [3.63, 3.8) is 0 Å². The summed E-state index contributed by atoms with van der Waals surface area (Å²) in [6.45, 7) is 3.98. The lowest BCUT2D eigenvalue weighted by molar-refractivity contribution is -0.121. The van der Waals surface area contributed by atoms with Crippen LogP contribution in [0.4, 0.5) is 0 Å². The van der Waals surface area contributed by atoms with E-state index in [0.717, 1.165) is 42.2 Å². The highest BCUT2D eigenvalue weighted by atomic mass is 32.2. The molecule has 1 amide bonds. The Morgan fingerprint density at radius 3 is 2.62 bits per heavy atom. The molecular formula is C19H25N3O2S2. The molecule has 1 aliphatic rings. The van der Waals surface area contributed by atoms with Gasteiger partial charge in [0, 0.05) is 22.4 Å². The number of benzene rings is 1. The summed E-state index contributed by atoms with van der Waals surface area (Å²) < 4.78 is 12.6. The highest BCUT2D eigenvalue weighted by Crippen LogP contribution is 2.25. The number of carbonyl (C=O) groups excluding carboxylic acids is 1. The highest BCUT2D eigenvalue weighted by Gasteiger charge is 2.26. The van der Waals surface area contributed by atoms with Gasteiger partial charge in [0.05, 0.1) is 5.75 Å². The molecule has 1 aromatic carbocycles. The van der Waals surface area contributed by atoms with Crippen LogP contribution in [0.1, 0.15) is 44.5 Å². The summed E-state index contributed by atoms with van der Waals surface area (Å²) in [5.74, 6) is 0.891. The van der Waals surface area contributed by atoms with E-state index in [2.05, 4.69) is 22.4 Å². The second-order valence-corrected chi connectivity index (χ2v) is 9.82. The summed E-state index contributed by atoms with van der Waals surface area (Å²) in [6, 6.07) is 10.0. The minimum Gasteiger partial charge on any atom is -0.352 e. The van der Waals surface area contributed by atoms with Gasteiger partial charge in [0.25, 0.3) is 0 Å². The second kappa shape index (κ2) is 8.86. The Hall–Kier alpha value is -1.60. The van der Waals surface area contributed by atoms with Gasteiger partial charge < -0.3 is 5.32 Å². The van der Waals surface area contributed by atoms with Crippen molar-refractivity contribution in [3.8, 4) is 10.6 Å². The zero-order valence-corrected chi connectivity index (χ0v) is 16.8. The van der Waals surface area contributed by atoms with E-state index in [0.29, 0.717) is 5.01 Å². The van der Waals surface area contributed by atoms with Gasteiger partial charge in [0.2, 0.25) is 5.91 Å². The van der Waals surface area contributed by atoms with Gasteiger partial charge in [-0.05, 0) is 38.5 Å². The molecule has 0 spiro atoms. The average molecular weight is 392 g/mol. The highest BCUT2D eigenvalue weighted by molar-refractivity contribution is 7.85. The van der Waals surface area contributed by atoms with Gasteiger partial charge in [0.15, 0.2) is 0 Å². The van der Waals surface area contributed by atoms with E-state index in [1.54, 1.807) is 6.92 Å². The molecule has 7 heteroatoms. The van der Waals surface area contributed by atoms with E-state index in [9.17, 15) is 9.00 Å². The monoisotopic (exact) mass is 391 g/mol. The smallest absolute Gasteiger partial charge is 0.235 e. The number of amides is 1. The van der Waals surface area contributed by atoms with Crippen LogP contribution in [0.2, 0.25) is 0 Å². The fourth-order valence-electron chi connectivity index (χ4n) is 3.10. The number of hydrogen-bond acceptors (Lipinski definition) is 5. The van der Waals surface area contributed by atoms with Crippen molar-refractivity contribution in [1.82, 2.24) is 15.5 Å². The number of nitrogens with zero attached hydrogens (tertiary/aromatic N) is 2. The average Bonchev–Trinajstić information content (AvgIpc) is 3.12. The minimum absolute atomic E-state index is 0.115. The normalized spacial score (nSPS) is 22.5. The fourth-order valence-corrected chi connectivity index (χ4v) is 5.18. The Morgan fingerprint density at radius 2 is 1.92 bits per heavy atom. The van der Waals surface area contributed by atoms with Crippen molar-refractivity contribution in [1.29, 1.82) is 0 Å². The molecule has 2 unspecified atom stereocenters. The van der Waals surface area contributed by atoms with Gasteiger partial charge in [-0.1, -0.05) is 48.6 Å². The quantitative estimate of drug-likeness (QED) is 0.817. The number of hydrogen-bond donors (Lipinski definition) is 1. The summed E-state index contributed by atoms with van der Waals surface area (Å²) in [6.07, 6.45) is 4.33. The first kappa shape index (κ1) is 19.2. The SMILES string of the molecule is CC1CCC(NC(=O)C(C)S(=O)Cc2nnc(-c3ccccc3)s2)CC1. The number of aromatic nitrogens is 2. The summed E-state index contributed by atoms with van der Waals surface area (Å²) >= 11 is 1.43.